The minimum atomic E-state index is -0.485. The number of hydrogen-bond donors (Lipinski definition) is 1. The number of esters is 1. The number of nitrogens with zero attached hydrogens (tertiary/aromatic N) is 1. The number of nitrogens with one attached hydrogen (secondary N) is 1. The Morgan fingerprint density at radius 1 is 1.22 bits per heavy atom. The van der Waals surface area contributed by atoms with Crippen LogP contribution in [0.2, 0.25) is 5.15 Å². The Morgan fingerprint density at radius 3 is 2.59 bits per heavy atom. The van der Waals surface area contributed by atoms with E-state index in [-0.39, 0.29) is 12.5 Å². The lowest BCUT2D eigenvalue weighted by Crippen LogP contribution is -2.15. The van der Waals surface area contributed by atoms with E-state index in [0.717, 1.165) is 10.0 Å². The van der Waals surface area contributed by atoms with Gasteiger partial charge >= 0.3 is 5.97 Å². The van der Waals surface area contributed by atoms with Crippen molar-refractivity contribution in [2.45, 2.75) is 6.92 Å². The zero-order valence-electron chi connectivity index (χ0n) is 14.2. The van der Waals surface area contributed by atoms with Gasteiger partial charge in [0.1, 0.15) is 15.7 Å². The number of hydrogen-bond acceptors (Lipinski definition) is 5. The maximum atomic E-state index is 12.5. The standard InChI is InChI=1S/C19H14BrClN2O3S/c1-2-26-19(25)16-14(11-3-6-13(20)7-4-11)10-27-18(16)23-17(24)12-5-8-15(21)22-9-12/h3-10H,2H2,1H3,(H,23,24). The molecule has 0 aliphatic rings. The number of ether oxygens (including phenoxy) is 1. The van der Waals surface area contributed by atoms with E-state index < -0.39 is 5.97 Å². The molecule has 0 radical (unpaired) electrons. The van der Waals surface area contributed by atoms with E-state index in [4.69, 9.17) is 16.3 Å². The van der Waals surface area contributed by atoms with Crippen molar-refractivity contribution in [1.29, 1.82) is 0 Å². The van der Waals surface area contributed by atoms with E-state index in [1.54, 1.807) is 13.0 Å². The van der Waals surface area contributed by atoms with Crippen LogP contribution in [0, 0.1) is 0 Å². The van der Waals surface area contributed by atoms with Gasteiger partial charge in [0.05, 0.1) is 12.2 Å². The van der Waals surface area contributed by atoms with Crippen molar-refractivity contribution in [2.75, 3.05) is 11.9 Å². The second-order valence-corrected chi connectivity index (χ2v) is 7.59. The van der Waals surface area contributed by atoms with Crippen LogP contribution < -0.4 is 5.32 Å². The Bertz CT molecular complexity index is 972. The molecule has 27 heavy (non-hydrogen) atoms. The third-order valence-electron chi connectivity index (χ3n) is 3.64. The maximum Gasteiger partial charge on any atom is 0.341 e. The molecule has 3 rings (SSSR count). The quantitative estimate of drug-likeness (QED) is 0.390. The molecule has 8 heteroatoms. The molecule has 2 heterocycles. The van der Waals surface area contributed by atoms with E-state index in [1.807, 2.05) is 29.6 Å². The first-order chi connectivity index (χ1) is 13.0. The number of anilines is 1. The lowest BCUT2D eigenvalue weighted by Gasteiger charge is -2.09. The van der Waals surface area contributed by atoms with Gasteiger partial charge in [0.25, 0.3) is 5.91 Å². The van der Waals surface area contributed by atoms with Crippen molar-refractivity contribution in [3.63, 3.8) is 0 Å². The Morgan fingerprint density at radius 2 is 1.96 bits per heavy atom. The van der Waals surface area contributed by atoms with Gasteiger partial charge < -0.3 is 10.1 Å². The summed E-state index contributed by atoms with van der Waals surface area (Å²) in [5.41, 5.74) is 2.23. The van der Waals surface area contributed by atoms with Crippen LogP contribution in [0.5, 0.6) is 0 Å². The Kier molecular flexibility index (Phi) is 6.26. The van der Waals surface area contributed by atoms with Gasteiger partial charge in [-0.15, -0.1) is 11.3 Å². The van der Waals surface area contributed by atoms with E-state index in [2.05, 4.69) is 26.2 Å². The van der Waals surface area contributed by atoms with Crippen LogP contribution in [0.25, 0.3) is 11.1 Å². The van der Waals surface area contributed by atoms with Gasteiger partial charge in [0, 0.05) is 21.6 Å². The molecular formula is C19H14BrClN2O3S. The molecule has 0 unspecified atom stereocenters. The second kappa shape index (κ2) is 8.65. The number of carbonyl (C=O) groups is 2. The molecule has 0 saturated carbocycles. The highest BCUT2D eigenvalue weighted by Crippen LogP contribution is 2.37. The third kappa shape index (κ3) is 4.55. The van der Waals surface area contributed by atoms with Gasteiger partial charge in [0.2, 0.25) is 0 Å². The van der Waals surface area contributed by atoms with Gasteiger partial charge in [-0.2, -0.15) is 0 Å². The van der Waals surface area contributed by atoms with E-state index in [9.17, 15) is 9.59 Å². The summed E-state index contributed by atoms with van der Waals surface area (Å²) in [4.78, 5) is 28.9. The van der Waals surface area contributed by atoms with Crippen molar-refractivity contribution < 1.29 is 14.3 Å². The maximum absolute atomic E-state index is 12.5. The SMILES string of the molecule is CCOC(=O)c1c(-c2ccc(Br)cc2)csc1NC(=O)c1ccc(Cl)nc1. The number of pyridine rings is 1. The Hall–Kier alpha value is -2.22. The average molecular weight is 466 g/mol. The van der Waals surface area contributed by atoms with Crippen LogP contribution in [-0.4, -0.2) is 23.5 Å². The normalized spacial score (nSPS) is 10.5. The number of aromatic nitrogens is 1. The lowest BCUT2D eigenvalue weighted by atomic mass is 10.0. The molecule has 5 nitrogen and oxygen atoms in total. The number of benzene rings is 1. The summed E-state index contributed by atoms with van der Waals surface area (Å²) in [5, 5.41) is 5.32. The summed E-state index contributed by atoms with van der Waals surface area (Å²) in [6, 6.07) is 10.7. The monoisotopic (exact) mass is 464 g/mol. The lowest BCUT2D eigenvalue weighted by molar-refractivity contribution is 0.0529. The second-order valence-electron chi connectivity index (χ2n) is 5.40. The van der Waals surface area contributed by atoms with Crippen molar-refractivity contribution in [2.24, 2.45) is 0 Å². The van der Waals surface area contributed by atoms with Gasteiger partial charge in [-0.25, -0.2) is 9.78 Å². The summed E-state index contributed by atoms with van der Waals surface area (Å²) in [6.45, 7) is 1.98. The molecule has 138 valence electrons. The molecule has 1 aromatic carbocycles. The Labute approximate surface area is 173 Å². The fourth-order valence-corrected chi connectivity index (χ4v) is 3.71. The molecule has 0 atom stereocenters. The number of carbonyl (C=O) groups excluding carboxylic acids is 2. The molecule has 0 fully saturated rings. The largest absolute Gasteiger partial charge is 0.462 e. The van der Waals surface area contributed by atoms with E-state index >= 15 is 0 Å². The molecule has 1 amide bonds. The van der Waals surface area contributed by atoms with Crippen molar-refractivity contribution >= 4 is 55.7 Å². The highest BCUT2D eigenvalue weighted by molar-refractivity contribution is 9.10. The summed E-state index contributed by atoms with van der Waals surface area (Å²) >= 11 is 10.4. The molecule has 1 N–H and O–H groups in total. The van der Waals surface area contributed by atoms with E-state index in [0.29, 0.717) is 26.8 Å². The van der Waals surface area contributed by atoms with Crippen LogP contribution >= 0.6 is 38.9 Å². The molecule has 0 spiro atoms. The zero-order chi connectivity index (χ0) is 19.4. The van der Waals surface area contributed by atoms with Gasteiger partial charge in [-0.3, -0.25) is 4.79 Å². The van der Waals surface area contributed by atoms with Gasteiger partial charge in [-0.05, 0) is 36.8 Å². The van der Waals surface area contributed by atoms with E-state index in [1.165, 1.54) is 23.6 Å². The molecule has 0 aliphatic carbocycles. The molecule has 2 aromatic heterocycles. The number of thiophene rings is 1. The smallest absolute Gasteiger partial charge is 0.341 e. The fraction of sp³-hybridized carbons (Fsp3) is 0.105. The van der Waals surface area contributed by atoms with Crippen LogP contribution in [0.1, 0.15) is 27.6 Å². The van der Waals surface area contributed by atoms with Crippen molar-refractivity contribution in [1.82, 2.24) is 4.98 Å². The predicted molar refractivity (Wildman–Crippen MR) is 111 cm³/mol. The molecule has 3 aromatic rings. The Balaban J connectivity index is 1.97. The first-order valence-corrected chi connectivity index (χ1v) is 10.0. The van der Waals surface area contributed by atoms with Crippen LogP contribution in [0.3, 0.4) is 0 Å². The zero-order valence-corrected chi connectivity index (χ0v) is 17.3. The molecule has 0 saturated heterocycles. The number of amides is 1. The summed E-state index contributed by atoms with van der Waals surface area (Å²) in [5.74, 6) is -0.866. The third-order valence-corrected chi connectivity index (χ3v) is 5.29. The van der Waals surface area contributed by atoms with Crippen molar-refractivity contribution in [3.8, 4) is 11.1 Å². The highest BCUT2D eigenvalue weighted by atomic mass is 79.9. The summed E-state index contributed by atoms with van der Waals surface area (Å²) in [7, 11) is 0. The molecular weight excluding hydrogens is 452 g/mol. The van der Waals surface area contributed by atoms with Crippen molar-refractivity contribution in [3.05, 3.63) is 68.7 Å². The average Bonchev–Trinajstić information content (AvgIpc) is 3.06. The van der Waals surface area contributed by atoms with Gasteiger partial charge in [-0.1, -0.05) is 39.7 Å². The molecule has 0 aliphatic heterocycles. The predicted octanol–water partition coefficient (Wildman–Crippen LogP) is 5.66. The first-order valence-electron chi connectivity index (χ1n) is 7.97. The first kappa shape index (κ1) is 19.5. The van der Waals surface area contributed by atoms with Crippen LogP contribution in [0.4, 0.5) is 5.00 Å². The minimum Gasteiger partial charge on any atom is -0.462 e. The van der Waals surface area contributed by atoms with Crippen LogP contribution in [-0.2, 0) is 4.74 Å². The number of rotatable bonds is 5. The summed E-state index contributed by atoms with van der Waals surface area (Å²) < 4.78 is 6.13. The number of halogens is 2. The molecule has 0 bridgehead atoms. The minimum absolute atomic E-state index is 0.239. The fourth-order valence-electron chi connectivity index (χ4n) is 2.38. The summed E-state index contributed by atoms with van der Waals surface area (Å²) in [6.07, 6.45) is 1.38. The van der Waals surface area contributed by atoms with Gasteiger partial charge in [0.15, 0.2) is 0 Å². The highest BCUT2D eigenvalue weighted by Gasteiger charge is 2.23. The topological polar surface area (TPSA) is 68.3 Å². The van der Waals surface area contributed by atoms with Crippen LogP contribution in [0.15, 0.2) is 52.4 Å².